The summed E-state index contributed by atoms with van der Waals surface area (Å²) >= 11 is 1.16. The summed E-state index contributed by atoms with van der Waals surface area (Å²) in [4.78, 5) is 28.0. The van der Waals surface area contributed by atoms with E-state index in [-0.39, 0.29) is 5.91 Å². The van der Waals surface area contributed by atoms with Gasteiger partial charge in [0.05, 0.1) is 11.7 Å². The van der Waals surface area contributed by atoms with E-state index in [1.54, 1.807) is 0 Å². The molecule has 3 aromatic rings. The Labute approximate surface area is 161 Å². The van der Waals surface area contributed by atoms with Gasteiger partial charge in [0.25, 0.3) is 5.91 Å². The van der Waals surface area contributed by atoms with Crippen LogP contribution in [0.2, 0.25) is 0 Å². The van der Waals surface area contributed by atoms with Gasteiger partial charge in [0.1, 0.15) is 16.9 Å². The molecule has 1 amide bonds. The lowest BCUT2D eigenvalue weighted by Gasteiger charge is -2.35. The molecule has 0 atom stereocenters. The van der Waals surface area contributed by atoms with E-state index >= 15 is 0 Å². The van der Waals surface area contributed by atoms with Crippen molar-refractivity contribution in [3.05, 3.63) is 35.5 Å². The molecular weight excluding hydrogens is 362 g/mol. The Bertz CT molecular complexity index is 979. The Morgan fingerprint density at radius 2 is 1.78 bits per heavy atom. The summed E-state index contributed by atoms with van der Waals surface area (Å²) in [5.74, 6) is 1.64. The highest BCUT2D eigenvalue weighted by Gasteiger charge is 2.24. The molecule has 0 radical (unpaired) electrons. The minimum absolute atomic E-state index is 0.0312. The first-order chi connectivity index (χ1) is 13.0. The van der Waals surface area contributed by atoms with Crippen LogP contribution in [0.4, 0.5) is 11.8 Å². The smallest absolute Gasteiger partial charge is 0.254 e. The highest BCUT2D eigenvalue weighted by atomic mass is 32.1. The number of aromatic nitrogens is 4. The van der Waals surface area contributed by atoms with Crippen molar-refractivity contribution in [3.63, 3.8) is 0 Å². The van der Waals surface area contributed by atoms with E-state index in [9.17, 15) is 4.79 Å². The molecule has 0 bridgehead atoms. The maximum atomic E-state index is 12.8. The van der Waals surface area contributed by atoms with E-state index in [1.165, 1.54) is 0 Å². The number of hydrogen-bond acceptors (Lipinski definition) is 8. The van der Waals surface area contributed by atoms with Crippen LogP contribution in [0.1, 0.15) is 16.1 Å². The first kappa shape index (κ1) is 17.6. The molecular formula is C18H21N7OS. The second kappa shape index (κ2) is 7.07. The number of fused-ring (bicyclic) bond motifs is 1. The van der Waals surface area contributed by atoms with E-state index < -0.39 is 0 Å². The van der Waals surface area contributed by atoms with Gasteiger partial charge in [-0.2, -0.15) is 13.7 Å². The van der Waals surface area contributed by atoms with Crippen molar-refractivity contribution in [1.29, 1.82) is 0 Å². The zero-order valence-corrected chi connectivity index (χ0v) is 16.4. The van der Waals surface area contributed by atoms with Crippen molar-refractivity contribution in [3.8, 4) is 0 Å². The van der Waals surface area contributed by atoms with Crippen LogP contribution in [0.25, 0.3) is 11.0 Å². The van der Waals surface area contributed by atoms with Crippen LogP contribution in [0.3, 0.4) is 0 Å². The van der Waals surface area contributed by atoms with Gasteiger partial charge in [0.2, 0.25) is 5.95 Å². The van der Waals surface area contributed by atoms with Crippen LogP contribution >= 0.6 is 11.7 Å². The first-order valence-corrected chi connectivity index (χ1v) is 9.54. The van der Waals surface area contributed by atoms with E-state index in [2.05, 4.69) is 23.6 Å². The molecule has 0 unspecified atom stereocenters. The number of rotatable bonds is 3. The number of aryl methyl sites for hydroxylation is 1. The SMILES string of the molecule is Cc1cc(N(C)C)nc(N2CCN(C(=O)c3ccc4nsnc4c3)CC2)n1. The van der Waals surface area contributed by atoms with Crippen LogP contribution in [-0.2, 0) is 0 Å². The van der Waals surface area contributed by atoms with Crippen LogP contribution in [0.5, 0.6) is 0 Å². The third-order valence-corrected chi connectivity index (χ3v) is 5.19. The first-order valence-electron chi connectivity index (χ1n) is 8.81. The zero-order chi connectivity index (χ0) is 19.0. The molecule has 1 fully saturated rings. The summed E-state index contributed by atoms with van der Waals surface area (Å²) in [6, 6.07) is 7.46. The van der Waals surface area contributed by atoms with E-state index in [1.807, 2.05) is 55.1 Å². The Kier molecular flexibility index (Phi) is 4.61. The fraction of sp³-hybridized carbons (Fsp3) is 0.389. The maximum absolute atomic E-state index is 12.8. The minimum Gasteiger partial charge on any atom is -0.363 e. The third-order valence-electron chi connectivity index (χ3n) is 4.64. The number of hydrogen-bond donors (Lipinski definition) is 0. The van der Waals surface area contributed by atoms with E-state index in [0.29, 0.717) is 31.7 Å². The fourth-order valence-corrected chi connectivity index (χ4v) is 3.63. The van der Waals surface area contributed by atoms with Crippen molar-refractivity contribution >= 4 is 40.4 Å². The number of nitrogens with zero attached hydrogens (tertiary/aromatic N) is 7. The molecule has 0 N–H and O–H groups in total. The molecule has 1 aliphatic heterocycles. The van der Waals surface area contributed by atoms with Crippen LogP contribution in [0.15, 0.2) is 24.3 Å². The average Bonchev–Trinajstić information content (AvgIpc) is 3.15. The van der Waals surface area contributed by atoms with Crippen molar-refractivity contribution in [1.82, 2.24) is 23.6 Å². The van der Waals surface area contributed by atoms with Crippen LogP contribution in [-0.4, -0.2) is 69.8 Å². The number of amides is 1. The van der Waals surface area contributed by atoms with Gasteiger partial charge in [-0.25, -0.2) is 4.98 Å². The van der Waals surface area contributed by atoms with Gasteiger partial charge >= 0.3 is 0 Å². The Hall–Kier alpha value is -2.81. The number of piperazine rings is 1. The Morgan fingerprint density at radius 1 is 1.04 bits per heavy atom. The van der Waals surface area contributed by atoms with E-state index in [0.717, 1.165) is 40.2 Å². The minimum atomic E-state index is 0.0312. The number of anilines is 2. The Morgan fingerprint density at radius 3 is 2.52 bits per heavy atom. The van der Waals surface area contributed by atoms with Gasteiger partial charge in [-0.15, -0.1) is 0 Å². The lowest BCUT2D eigenvalue weighted by Crippen LogP contribution is -2.49. The molecule has 0 spiro atoms. The topological polar surface area (TPSA) is 78.4 Å². The average molecular weight is 383 g/mol. The van der Waals surface area contributed by atoms with Gasteiger partial charge in [0, 0.05) is 57.6 Å². The van der Waals surface area contributed by atoms with Crippen molar-refractivity contribution in [2.24, 2.45) is 0 Å². The molecule has 3 heterocycles. The fourth-order valence-electron chi connectivity index (χ4n) is 3.11. The lowest BCUT2D eigenvalue weighted by molar-refractivity contribution is 0.0746. The normalized spacial score (nSPS) is 14.6. The van der Waals surface area contributed by atoms with E-state index in [4.69, 9.17) is 0 Å². The molecule has 2 aromatic heterocycles. The Balaban J connectivity index is 1.46. The van der Waals surface area contributed by atoms with Crippen molar-refractivity contribution < 1.29 is 4.79 Å². The summed E-state index contributed by atoms with van der Waals surface area (Å²) in [7, 11) is 3.94. The van der Waals surface area contributed by atoms with Gasteiger partial charge < -0.3 is 14.7 Å². The van der Waals surface area contributed by atoms with Gasteiger partial charge in [0.15, 0.2) is 0 Å². The standard InChI is InChI=1S/C18H21N7OS/c1-12-10-16(23(2)3)20-18(19-12)25-8-6-24(7-9-25)17(26)13-4-5-14-15(11-13)22-27-21-14/h4-5,10-11H,6-9H2,1-3H3. The monoisotopic (exact) mass is 383 g/mol. The van der Waals surface area contributed by atoms with Gasteiger partial charge in [-0.05, 0) is 25.1 Å². The highest BCUT2D eigenvalue weighted by molar-refractivity contribution is 7.00. The molecule has 0 saturated carbocycles. The molecule has 27 heavy (non-hydrogen) atoms. The molecule has 140 valence electrons. The molecule has 1 saturated heterocycles. The number of carbonyl (C=O) groups excluding carboxylic acids is 1. The third kappa shape index (κ3) is 3.55. The summed E-state index contributed by atoms with van der Waals surface area (Å²) in [6.45, 7) is 4.67. The molecule has 0 aliphatic carbocycles. The highest BCUT2D eigenvalue weighted by Crippen LogP contribution is 2.19. The number of benzene rings is 1. The quantitative estimate of drug-likeness (QED) is 0.683. The second-order valence-electron chi connectivity index (χ2n) is 6.81. The summed E-state index contributed by atoms with van der Waals surface area (Å²) in [5, 5.41) is 0. The van der Waals surface area contributed by atoms with Crippen molar-refractivity contribution in [2.45, 2.75) is 6.92 Å². The molecule has 8 nitrogen and oxygen atoms in total. The predicted octanol–water partition coefficient (Wildman–Crippen LogP) is 1.82. The maximum Gasteiger partial charge on any atom is 0.254 e. The molecule has 1 aromatic carbocycles. The largest absolute Gasteiger partial charge is 0.363 e. The van der Waals surface area contributed by atoms with Crippen molar-refractivity contribution in [2.75, 3.05) is 50.1 Å². The predicted molar refractivity (Wildman–Crippen MR) is 107 cm³/mol. The second-order valence-corrected chi connectivity index (χ2v) is 7.34. The van der Waals surface area contributed by atoms with Crippen LogP contribution in [0, 0.1) is 6.92 Å². The van der Waals surface area contributed by atoms with Gasteiger partial charge in [-0.3, -0.25) is 4.79 Å². The summed E-state index contributed by atoms with van der Waals surface area (Å²) in [5.41, 5.74) is 3.20. The summed E-state index contributed by atoms with van der Waals surface area (Å²) in [6.07, 6.45) is 0. The molecule has 9 heteroatoms. The zero-order valence-electron chi connectivity index (χ0n) is 15.6. The molecule has 4 rings (SSSR count). The number of carbonyl (C=O) groups is 1. The van der Waals surface area contributed by atoms with Gasteiger partial charge in [-0.1, -0.05) is 0 Å². The molecule has 1 aliphatic rings. The summed E-state index contributed by atoms with van der Waals surface area (Å²) < 4.78 is 8.40. The lowest BCUT2D eigenvalue weighted by atomic mass is 10.1. The van der Waals surface area contributed by atoms with Crippen LogP contribution < -0.4 is 9.80 Å².